The molecule has 0 radical (unpaired) electrons. The molecule has 1 aromatic carbocycles. The van der Waals surface area contributed by atoms with Gasteiger partial charge in [0.15, 0.2) is 0 Å². The van der Waals surface area contributed by atoms with Crippen LogP contribution in [0.2, 0.25) is 0 Å². The Labute approximate surface area is 121 Å². The average molecular weight is 328 g/mol. The molecule has 1 heterocycles. The number of nitrogens with zero attached hydrogens (tertiary/aromatic N) is 1. The van der Waals surface area contributed by atoms with Gasteiger partial charge in [0.05, 0.1) is 0 Å². The molecule has 0 bridgehead atoms. The topological polar surface area (TPSA) is 60.8 Å². The Morgan fingerprint density at radius 3 is 2.95 bits per heavy atom. The number of aliphatic carboxylic acids is 1. The van der Waals surface area contributed by atoms with Crippen LogP contribution in [-0.4, -0.2) is 33.7 Å². The number of phenols is 1. The molecule has 2 N–H and O–H groups in total. The van der Waals surface area contributed by atoms with Crippen LogP contribution in [0.25, 0.3) is 0 Å². The lowest BCUT2D eigenvalue weighted by Crippen LogP contribution is -2.38. The highest BCUT2D eigenvalue weighted by Gasteiger charge is 2.36. The molecule has 5 heteroatoms. The zero-order chi connectivity index (χ0) is 14.0. The minimum absolute atomic E-state index is 0.0545. The third-order valence-electron chi connectivity index (χ3n) is 3.71. The molecule has 0 spiro atoms. The maximum Gasteiger partial charge on any atom is 0.320 e. The second kappa shape index (κ2) is 5.92. The maximum atomic E-state index is 11.3. The number of halogens is 1. The highest BCUT2D eigenvalue weighted by atomic mass is 79.9. The third kappa shape index (κ3) is 2.92. The number of aromatic hydroxyl groups is 1. The van der Waals surface area contributed by atoms with E-state index in [0.717, 1.165) is 29.4 Å². The van der Waals surface area contributed by atoms with Gasteiger partial charge in [-0.2, -0.15) is 0 Å². The molecule has 1 fully saturated rings. The van der Waals surface area contributed by atoms with Crippen molar-refractivity contribution in [1.29, 1.82) is 0 Å². The Bertz CT molecular complexity index is 478. The van der Waals surface area contributed by atoms with Crippen molar-refractivity contribution in [2.75, 3.05) is 6.54 Å². The Morgan fingerprint density at radius 1 is 1.58 bits per heavy atom. The molecule has 2 rings (SSSR count). The van der Waals surface area contributed by atoms with Crippen LogP contribution in [0.15, 0.2) is 22.7 Å². The number of benzene rings is 1. The summed E-state index contributed by atoms with van der Waals surface area (Å²) in [5.74, 6) is -0.545. The highest BCUT2D eigenvalue weighted by molar-refractivity contribution is 9.10. The minimum atomic E-state index is -0.773. The van der Waals surface area contributed by atoms with Gasteiger partial charge in [-0.3, -0.25) is 9.69 Å². The molecular formula is C14H18BrNO3. The van der Waals surface area contributed by atoms with Gasteiger partial charge in [0.1, 0.15) is 11.8 Å². The molecule has 1 aliphatic heterocycles. The van der Waals surface area contributed by atoms with E-state index in [1.54, 1.807) is 12.1 Å². The molecule has 2 unspecified atom stereocenters. The van der Waals surface area contributed by atoms with Gasteiger partial charge in [-0.15, -0.1) is 0 Å². The fourth-order valence-corrected chi connectivity index (χ4v) is 3.23. The molecule has 4 nitrogen and oxygen atoms in total. The van der Waals surface area contributed by atoms with Gasteiger partial charge in [0.25, 0.3) is 0 Å². The number of hydrogen-bond acceptors (Lipinski definition) is 3. The van der Waals surface area contributed by atoms with Crippen LogP contribution in [0.3, 0.4) is 0 Å². The fraction of sp³-hybridized carbons (Fsp3) is 0.500. The van der Waals surface area contributed by atoms with Crippen LogP contribution < -0.4 is 0 Å². The summed E-state index contributed by atoms with van der Waals surface area (Å²) in [4.78, 5) is 13.3. The zero-order valence-electron chi connectivity index (χ0n) is 10.8. The van der Waals surface area contributed by atoms with E-state index >= 15 is 0 Å². The lowest BCUT2D eigenvalue weighted by atomic mass is 10.0. The van der Waals surface area contributed by atoms with Crippen molar-refractivity contribution in [1.82, 2.24) is 4.90 Å². The minimum Gasteiger partial charge on any atom is -0.508 e. The normalized spacial score (nSPS) is 21.5. The first-order chi connectivity index (χ1) is 9.04. The van der Waals surface area contributed by atoms with Crippen LogP contribution >= 0.6 is 15.9 Å². The van der Waals surface area contributed by atoms with Gasteiger partial charge < -0.3 is 10.2 Å². The summed E-state index contributed by atoms with van der Waals surface area (Å²) in [7, 11) is 0. The van der Waals surface area contributed by atoms with Gasteiger partial charge in [0.2, 0.25) is 0 Å². The maximum absolute atomic E-state index is 11.3. The number of carboxylic acids is 1. The molecule has 0 saturated carbocycles. The summed E-state index contributed by atoms with van der Waals surface area (Å²) in [6, 6.07) is 4.81. The van der Waals surface area contributed by atoms with Crippen molar-refractivity contribution in [2.24, 2.45) is 0 Å². The monoisotopic (exact) mass is 327 g/mol. The molecule has 1 aromatic rings. The first kappa shape index (κ1) is 14.3. The molecule has 104 valence electrons. The van der Waals surface area contributed by atoms with E-state index in [-0.39, 0.29) is 11.8 Å². The predicted molar refractivity (Wildman–Crippen MR) is 76.2 cm³/mol. The van der Waals surface area contributed by atoms with Gasteiger partial charge in [-0.25, -0.2) is 0 Å². The van der Waals surface area contributed by atoms with Crippen molar-refractivity contribution >= 4 is 21.9 Å². The highest BCUT2D eigenvalue weighted by Crippen LogP contribution is 2.37. The molecular weight excluding hydrogens is 310 g/mol. The van der Waals surface area contributed by atoms with E-state index in [4.69, 9.17) is 0 Å². The number of carbonyl (C=O) groups is 1. The van der Waals surface area contributed by atoms with E-state index in [1.807, 2.05) is 17.9 Å². The molecule has 1 aliphatic rings. The van der Waals surface area contributed by atoms with E-state index in [0.29, 0.717) is 6.42 Å². The SMILES string of the molecule is CCC(c1cc(Br)ccc1O)N1CCCC1C(=O)O. The van der Waals surface area contributed by atoms with E-state index in [1.165, 1.54) is 0 Å². The first-order valence-electron chi connectivity index (χ1n) is 6.51. The Morgan fingerprint density at radius 2 is 2.32 bits per heavy atom. The number of likely N-dealkylation sites (tertiary alicyclic amines) is 1. The molecule has 0 aliphatic carbocycles. The lowest BCUT2D eigenvalue weighted by Gasteiger charge is -2.31. The van der Waals surface area contributed by atoms with Crippen molar-refractivity contribution in [2.45, 2.75) is 38.3 Å². The van der Waals surface area contributed by atoms with Crippen molar-refractivity contribution in [3.63, 3.8) is 0 Å². The Kier molecular flexibility index (Phi) is 4.47. The summed E-state index contributed by atoms with van der Waals surface area (Å²) >= 11 is 3.40. The van der Waals surface area contributed by atoms with Crippen LogP contribution in [0, 0.1) is 0 Å². The standard InChI is InChI=1S/C14H18BrNO3/c1-2-11(10-8-9(15)5-6-13(10)17)16-7-3-4-12(16)14(18)19/h5-6,8,11-12,17H,2-4,7H2,1H3,(H,18,19). The van der Waals surface area contributed by atoms with E-state index in [9.17, 15) is 15.0 Å². The molecule has 2 atom stereocenters. The van der Waals surface area contributed by atoms with E-state index in [2.05, 4.69) is 15.9 Å². The third-order valence-corrected chi connectivity index (χ3v) is 4.21. The number of hydrogen-bond donors (Lipinski definition) is 2. The summed E-state index contributed by atoms with van der Waals surface area (Å²) in [6.07, 6.45) is 2.34. The van der Waals surface area contributed by atoms with Gasteiger partial charge in [-0.1, -0.05) is 22.9 Å². The van der Waals surface area contributed by atoms with Crippen molar-refractivity contribution in [3.05, 3.63) is 28.2 Å². The van der Waals surface area contributed by atoms with Gasteiger partial charge in [-0.05, 0) is 44.0 Å². The smallest absolute Gasteiger partial charge is 0.320 e. The largest absolute Gasteiger partial charge is 0.508 e. The second-order valence-corrected chi connectivity index (χ2v) is 5.78. The lowest BCUT2D eigenvalue weighted by molar-refractivity contribution is -0.143. The fourth-order valence-electron chi connectivity index (χ4n) is 2.85. The predicted octanol–water partition coefficient (Wildman–Crippen LogP) is 3.15. The summed E-state index contributed by atoms with van der Waals surface area (Å²) in [5, 5.41) is 19.3. The molecule has 19 heavy (non-hydrogen) atoms. The number of carboxylic acid groups (broad SMARTS) is 1. The Balaban J connectivity index is 2.33. The molecule has 0 amide bonds. The van der Waals surface area contributed by atoms with Crippen LogP contribution in [0.5, 0.6) is 5.75 Å². The van der Waals surface area contributed by atoms with Gasteiger partial charge in [0, 0.05) is 16.1 Å². The van der Waals surface area contributed by atoms with Gasteiger partial charge >= 0.3 is 5.97 Å². The average Bonchev–Trinajstić information content (AvgIpc) is 2.84. The Hall–Kier alpha value is -1.07. The summed E-state index contributed by atoms with van der Waals surface area (Å²) in [6.45, 7) is 2.78. The quantitative estimate of drug-likeness (QED) is 0.891. The second-order valence-electron chi connectivity index (χ2n) is 4.86. The van der Waals surface area contributed by atoms with E-state index < -0.39 is 12.0 Å². The molecule has 1 saturated heterocycles. The van der Waals surface area contributed by atoms with Crippen molar-refractivity contribution in [3.8, 4) is 5.75 Å². The van der Waals surface area contributed by atoms with Crippen LogP contribution in [0.4, 0.5) is 0 Å². The zero-order valence-corrected chi connectivity index (χ0v) is 12.4. The van der Waals surface area contributed by atoms with Crippen LogP contribution in [-0.2, 0) is 4.79 Å². The summed E-state index contributed by atoms with van der Waals surface area (Å²) < 4.78 is 0.893. The van der Waals surface area contributed by atoms with Crippen molar-refractivity contribution < 1.29 is 15.0 Å². The number of rotatable bonds is 4. The molecule has 0 aromatic heterocycles. The number of phenolic OH excluding ortho intramolecular Hbond substituents is 1. The first-order valence-corrected chi connectivity index (χ1v) is 7.30. The summed E-state index contributed by atoms with van der Waals surface area (Å²) in [5.41, 5.74) is 0.796. The van der Waals surface area contributed by atoms with Crippen LogP contribution in [0.1, 0.15) is 37.8 Å².